The van der Waals surface area contributed by atoms with Gasteiger partial charge in [-0.05, 0) is 30.7 Å². The van der Waals surface area contributed by atoms with Gasteiger partial charge in [-0.3, -0.25) is 0 Å². The second kappa shape index (κ2) is 3.78. The first-order chi connectivity index (χ1) is 5.65. The van der Waals surface area contributed by atoms with Crippen molar-refractivity contribution in [2.45, 2.75) is 13.0 Å². The molecule has 0 saturated heterocycles. The van der Waals surface area contributed by atoms with Gasteiger partial charge in [0.15, 0.2) is 0 Å². The van der Waals surface area contributed by atoms with Crippen molar-refractivity contribution in [3.8, 4) is 5.75 Å². The van der Waals surface area contributed by atoms with Crippen LogP contribution in [0.1, 0.15) is 18.5 Å². The van der Waals surface area contributed by atoms with Crippen LogP contribution in [-0.4, -0.2) is 7.11 Å². The summed E-state index contributed by atoms with van der Waals surface area (Å²) in [4.78, 5) is 0. The molecule has 3 heteroatoms. The first kappa shape index (κ1) is 9.36. The zero-order valence-corrected chi connectivity index (χ0v) is 7.93. The van der Waals surface area contributed by atoms with Gasteiger partial charge in [0.2, 0.25) is 0 Å². The van der Waals surface area contributed by atoms with Crippen LogP contribution in [0.3, 0.4) is 0 Å². The molecule has 0 aliphatic rings. The molecule has 2 nitrogen and oxygen atoms in total. The van der Waals surface area contributed by atoms with Crippen LogP contribution < -0.4 is 10.5 Å². The van der Waals surface area contributed by atoms with Crippen LogP contribution in [-0.2, 0) is 0 Å². The number of hydrogen-bond acceptors (Lipinski definition) is 2. The predicted octanol–water partition coefficient (Wildman–Crippen LogP) is 2.37. The minimum Gasteiger partial charge on any atom is -0.497 e. The molecule has 1 unspecified atom stereocenters. The highest BCUT2D eigenvalue weighted by molar-refractivity contribution is 6.31. The van der Waals surface area contributed by atoms with Crippen molar-refractivity contribution in [3.05, 3.63) is 28.8 Å². The molecule has 0 aromatic heterocycles. The molecule has 0 fully saturated rings. The average Bonchev–Trinajstić information content (AvgIpc) is 2.05. The van der Waals surface area contributed by atoms with Crippen LogP contribution in [0.4, 0.5) is 0 Å². The zero-order chi connectivity index (χ0) is 9.14. The second-order valence-corrected chi connectivity index (χ2v) is 3.08. The molecule has 2 N–H and O–H groups in total. The lowest BCUT2D eigenvalue weighted by Gasteiger charge is -2.09. The van der Waals surface area contributed by atoms with Crippen LogP contribution in [0.5, 0.6) is 5.75 Å². The van der Waals surface area contributed by atoms with Crippen molar-refractivity contribution in [3.63, 3.8) is 0 Å². The number of nitrogens with two attached hydrogens (primary N) is 1. The number of hydrogen-bond donors (Lipinski definition) is 1. The molecule has 0 heterocycles. The Labute approximate surface area is 77.3 Å². The molecule has 1 aromatic rings. The highest BCUT2D eigenvalue weighted by Crippen LogP contribution is 2.25. The van der Waals surface area contributed by atoms with Gasteiger partial charge >= 0.3 is 0 Å². The highest BCUT2D eigenvalue weighted by Gasteiger charge is 2.05. The fraction of sp³-hybridized carbons (Fsp3) is 0.333. The van der Waals surface area contributed by atoms with Crippen LogP contribution in [0.15, 0.2) is 18.2 Å². The first-order valence-electron chi connectivity index (χ1n) is 3.74. The normalized spacial score (nSPS) is 12.7. The third-order valence-corrected chi connectivity index (χ3v) is 2.04. The minimum atomic E-state index is -0.0624. The Kier molecular flexibility index (Phi) is 2.95. The van der Waals surface area contributed by atoms with Gasteiger partial charge < -0.3 is 10.5 Å². The van der Waals surface area contributed by atoms with E-state index in [9.17, 15) is 0 Å². The van der Waals surface area contributed by atoms with Crippen molar-refractivity contribution in [1.29, 1.82) is 0 Å². The summed E-state index contributed by atoms with van der Waals surface area (Å²) in [5.74, 6) is 0.784. The molecule has 1 aromatic carbocycles. The van der Waals surface area contributed by atoms with Crippen molar-refractivity contribution in [2.24, 2.45) is 5.73 Å². The van der Waals surface area contributed by atoms with Gasteiger partial charge in [0.1, 0.15) is 5.75 Å². The lowest BCUT2D eigenvalue weighted by Crippen LogP contribution is -2.05. The highest BCUT2D eigenvalue weighted by atomic mass is 35.5. The summed E-state index contributed by atoms with van der Waals surface area (Å²) in [7, 11) is 1.62. The molecule has 66 valence electrons. The predicted molar refractivity (Wildman–Crippen MR) is 50.6 cm³/mol. The van der Waals surface area contributed by atoms with Crippen LogP contribution in [0.2, 0.25) is 5.02 Å². The van der Waals surface area contributed by atoms with Gasteiger partial charge in [-0.15, -0.1) is 0 Å². The van der Waals surface area contributed by atoms with Crippen molar-refractivity contribution >= 4 is 11.6 Å². The van der Waals surface area contributed by atoms with E-state index in [-0.39, 0.29) is 6.04 Å². The van der Waals surface area contributed by atoms with Crippen molar-refractivity contribution in [2.75, 3.05) is 7.11 Å². The van der Waals surface area contributed by atoms with Crippen molar-refractivity contribution in [1.82, 2.24) is 0 Å². The number of benzene rings is 1. The third kappa shape index (κ3) is 1.90. The SMILES string of the molecule is COc1ccc(Cl)c(C(C)N)c1. The zero-order valence-electron chi connectivity index (χ0n) is 7.17. The first-order valence-corrected chi connectivity index (χ1v) is 4.12. The Balaban J connectivity index is 3.08. The average molecular weight is 186 g/mol. The fourth-order valence-electron chi connectivity index (χ4n) is 0.998. The minimum absolute atomic E-state index is 0.0624. The van der Waals surface area contributed by atoms with E-state index in [2.05, 4.69) is 0 Å². The topological polar surface area (TPSA) is 35.2 Å². The van der Waals surface area contributed by atoms with Crippen LogP contribution in [0, 0.1) is 0 Å². The molecule has 0 aliphatic carbocycles. The third-order valence-electron chi connectivity index (χ3n) is 1.69. The lowest BCUT2D eigenvalue weighted by atomic mass is 10.1. The Morgan fingerprint density at radius 2 is 2.17 bits per heavy atom. The molecule has 0 aliphatic heterocycles. The monoisotopic (exact) mass is 185 g/mol. The molecule has 1 atom stereocenters. The Morgan fingerprint density at radius 1 is 1.50 bits per heavy atom. The van der Waals surface area contributed by atoms with E-state index in [0.29, 0.717) is 5.02 Å². The fourth-order valence-corrected chi connectivity index (χ4v) is 1.29. The molecule has 0 bridgehead atoms. The number of ether oxygens (including phenoxy) is 1. The van der Waals surface area contributed by atoms with E-state index in [0.717, 1.165) is 11.3 Å². The van der Waals surface area contributed by atoms with Gasteiger partial charge in [0, 0.05) is 11.1 Å². The van der Waals surface area contributed by atoms with Gasteiger partial charge in [-0.25, -0.2) is 0 Å². The smallest absolute Gasteiger partial charge is 0.119 e. The van der Waals surface area contributed by atoms with Crippen LogP contribution in [0.25, 0.3) is 0 Å². The summed E-state index contributed by atoms with van der Waals surface area (Å²) in [5.41, 5.74) is 6.61. The van der Waals surface area contributed by atoms with Gasteiger partial charge in [-0.1, -0.05) is 11.6 Å². The number of methoxy groups -OCH3 is 1. The summed E-state index contributed by atoms with van der Waals surface area (Å²) in [6.07, 6.45) is 0. The Morgan fingerprint density at radius 3 is 2.67 bits per heavy atom. The van der Waals surface area contributed by atoms with Gasteiger partial charge in [0.25, 0.3) is 0 Å². The van der Waals surface area contributed by atoms with E-state index in [1.54, 1.807) is 13.2 Å². The molecular formula is C9H12ClNO. The molecule has 0 radical (unpaired) electrons. The lowest BCUT2D eigenvalue weighted by molar-refractivity contribution is 0.414. The standard InChI is InChI=1S/C9H12ClNO/c1-6(11)8-5-7(12-2)3-4-9(8)10/h3-6H,11H2,1-2H3. The summed E-state index contributed by atoms with van der Waals surface area (Å²) in [5, 5.41) is 0.686. The van der Waals surface area contributed by atoms with Crippen molar-refractivity contribution < 1.29 is 4.74 Å². The Hall–Kier alpha value is -0.730. The molecule has 1 rings (SSSR count). The summed E-state index contributed by atoms with van der Waals surface area (Å²) >= 11 is 5.91. The largest absolute Gasteiger partial charge is 0.497 e. The molecule has 0 saturated carbocycles. The van der Waals surface area contributed by atoms with Gasteiger partial charge in [-0.2, -0.15) is 0 Å². The van der Waals surface area contributed by atoms with E-state index in [1.165, 1.54) is 0 Å². The van der Waals surface area contributed by atoms with Gasteiger partial charge in [0.05, 0.1) is 7.11 Å². The number of halogens is 1. The van der Waals surface area contributed by atoms with Crippen LogP contribution >= 0.6 is 11.6 Å². The van der Waals surface area contributed by atoms with E-state index in [4.69, 9.17) is 22.1 Å². The molecule has 12 heavy (non-hydrogen) atoms. The number of rotatable bonds is 2. The Bertz CT molecular complexity index is 273. The van der Waals surface area contributed by atoms with E-state index >= 15 is 0 Å². The maximum absolute atomic E-state index is 5.91. The maximum Gasteiger partial charge on any atom is 0.119 e. The quantitative estimate of drug-likeness (QED) is 0.768. The maximum atomic E-state index is 5.91. The summed E-state index contributed by atoms with van der Waals surface area (Å²) in [6.45, 7) is 1.89. The van der Waals surface area contributed by atoms with E-state index < -0.39 is 0 Å². The molecule has 0 amide bonds. The molecular weight excluding hydrogens is 174 g/mol. The summed E-state index contributed by atoms with van der Waals surface area (Å²) in [6, 6.07) is 5.40. The summed E-state index contributed by atoms with van der Waals surface area (Å²) < 4.78 is 5.05. The molecule has 0 spiro atoms. The van der Waals surface area contributed by atoms with E-state index in [1.807, 2.05) is 19.1 Å². The second-order valence-electron chi connectivity index (χ2n) is 2.68.